The Hall–Kier alpha value is -2.66. The molecule has 1 heterocycles. The number of nitrogens with two attached hydrogens (primary N) is 2. The number of sulfonamides is 1. The summed E-state index contributed by atoms with van der Waals surface area (Å²) in [6, 6.07) is 4.31. The van der Waals surface area contributed by atoms with Crippen LogP contribution in [0.15, 0.2) is 34.2 Å². The van der Waals surface area contributed by atoms with Gasteiger partial charge >= 0.3 is 5.97 Å². The zero-order valence-corrected chi connectivity index (χ0v) is 17.8. The molecule has 11 heteroatoms. The fourth-order valence-corrected chi connectivity index (χ4v) is 4.99. The number of hydrogen-bond donors (Lipinski definition) is 4. The topological polar surface area (TPSA) is 168 Å². The van der Waals surface area contributed by atoms with E-state index in [4.69, 9.17) is 11.5 Å². The van der Waals surface area contributed by atoms with Crippen LogP contribution < -0.4 is 16.8 Å². The Morgan fingerprint density at radius 2 is 1.93 bits per heavy atom. The van der Waals surface area contributed by atoms with Crippen molar-refractivity contribution in [2.24, 2.45) is 16.5 Å². The molecule has 0 aliphatic carbocycles. The van der Waals surface area contributed by atoms with Crippen LogP contribution in [0.25, 0.3) is 0 Å². The number of nitrogens with zero attached hydrogens (tertiary/aromatic N) is 2. The molecule has 0 spiro atoms. The molecule has 2 rings (SSSR count). The van der Waals surface area contributed by atoms with Crippen LogP contribution in [0.5, 0.6) is 0 Å². The van der Waals surface area contributed by atoms with E-state index in [1.165, 1.54) is 16.4 Å². The third-order valence-electron chi connectivity index (χ3n) is 4.94. The maximum atomic E-state index is 13.1. The smallest absolute Gasteiger partial charge is 0.326 e. The normalized spacial score (nSPS) is 18.4. The molecule has 0 radical (unpaired) electrons. The fraction of sp³-hybridized carbons (Fsp3) is 0.526. The number of carbonyl (C=O) groups is 2. The number of benzene rings is 1. The number of hydrogen-bond acceptors (Lipinski definition) is 5. The summed E-state index contributed by atoms with van der Waals surface area (Å²) in [6.45, 7) is 2.29. The number of guanidine groups is 1. The molecule has 0 unspecified atom stereocenters. The summed E-state index contributed by atoms with van der Waals surface area (Å²) in [4.78, 5) is 28.3. The van der Waals surface area contributed by atoms with Crippen molar-refractivity contribution in [3.8, 4) is 0 Å². The van der Waals surface area contributed by atoms with Crippen molar-refractivity contribution in [2.75, 3.05) is 13.1 Å². The standard InChI is InChI=1S/C19H29N5O5S/c1-13-7-9-14(10-8-13)30(28,29)24-12-3-2-6-16(24)17(25)23-15(18(26)27)5-4-11-22-19(20)21/h7-10,15-16H,2-6,11-12H2,1H3,(H,23,25)(H,26,27)(H4,20,21,22)/t15-,16+/m1/s1. The first-order chi connectivity index (χ1) is 14.1. The number of piperidine rings is 1. The molecule has 10 nitrogen and oxygen atoms in total. The van der Waals surface area contributed by atoms with Crippen molar-refractivity contribution in [3.63, 3.8) is 0 Å². The molecule has 1 aliphatic rings. The molecule has 1 amide bonds. The second-order valence-corrected chi connectivity index (χ2v) is 9.18. The molecule has 1 saturated heterocycles. The van der Waals surface area contributed by atoms with E-state index in [1.807, 2.05) is 6.92 Å². The van der Waals surface area contributed by atoms with Gasteiger partial charge in [-0.15, -0.1) is 0 Å². The van der Waals surface area contributed by atoms with Gasteiger partial charge in [0.05, 0.1) is 4.90 Å². The lowest BCUT2D eigenvalue weighted by Gasteiger charge is -2.34. The van der Waals surface area contributed by atoms with Crippen LogP contribution in [0.1, 0.15) is 37.7 Å². The monoisotopic (exact) mass is 439 g/mol. The van der Waals surface area contributed by atoms with E-state index in [0.29, 0.717) is 25.7 Å². The second-order valence-electron chi connectivity index (χ2n) is 7.29. The SMILES string of the molecule is Cc1ccc(S(=O)(=O)N2CCCC[C@H]2C(=O)N[C@H](CCCN=C(N)N)C(=O)O)cc1. The van der Waals surface area contributed by atoms with Crippen LogP contribution in [0, 0.1) is 6.92 Å². The van der Waals surface area contributed by atoms with Crippen molar-refractivity contribution in [1.82, 2.24) is 9.62 Å². The molecule has 1 aromatic carbocycles. The number of carboxylic acids is 1. The van der Waals surface area contributed by atoms with Gasteiger partial charge in [0.2, 0.25) is 15.9 Å². The highest BCUT2D eigenvalue weighted by Crippen LogP contribution is 2.26. The average molecular weight is 440 g/mol. The largest absolute Gasteiger partial charge is 0.480 e. The highest BCUT2D eigenvalue weighted by atomic mass is 32.2. The number of carbonyl (C=O) groups excluding carboxylic acids is 1. The van der Waals surface area contributed by atoms with Crippen LogP contribution in [0.3, 0.4) is 0 Å². The number of nitrogens with one attached hydrogen (secondary N) is 1. The van der Waals surface area contributed by atoms with Gasteiger partial charge in [0, 0.05) is 13.1 Å². The number of aliphatic imine (C=N–C) groups is 1. The minimum absolute atomic E-state index is 0.0925. The Bertz CT molecular complexity index is 881. The molecule has 30 heavy (non-hydrogen) atoms. The van der Waals surface area contributed by atoms with Crippen molar-refractivity contribution in [3.05, 3.63) is 29.8 Å². The van der Waals surface area contributed by atoms with E-state index in [2.05, 4.69) is 10.3 Å². The number of rotatable bonds is 9. The van der Waals surface area contributed by atoms with Crippen LogP contribution >= 0.6 is 0 Å². The Morgan fingerprint density at radius 3 is 2.53 bits per heavy atom. The number of aryl methyl sites for hydroxylation is 1. The summed E-state index contributed by atoms with van der Waals surface area (Å²) in [5.74, 6) is -1.90. The predicted octanol–water partition coefficient (Wildman–Crippen LogP) is 0.161. The molecule has 166 valence electrons. The summed E-state index contributed by atoms with van der Waals surface area (Å²) >= 11 is 0. The third kappa shape index (κ3) is 6.17. The molecule has 6 N–H and O–H groups in total. The zero-order valence-electron chi connectivity index (χ0n) is 17.0. The van der Waals surface area contributed by atoms with Gasteiger partial charge in [0.25, 0.3) is 0 Å². The number of carboxylic acid groups (broad SMARTS) is 1. The first-order valence-electron chi connectivity index (χ1n) is 9.80. The van der Waals surface area contributed by atoms with Gasteiger partial charge in [-0.1, -0.05) is 24.1 Å². The van der Waals surface area contributed by atoms with E-state index in [-0.39, 0.29) is 30.4 Å². The summed E-state index contributed by atoms with van der Waals surface area (Å²) in [6.07, 6.45) is 2.12. The summed E-state index contributed by atoms with van der Waals surface area (Å²) in [5.41, 5.74) is 11.4. The van der Waals surface area contributed by atoms with E-state index < -0.39 is 34.0 Å². The number of aliphatic carboxylic acids is 1. The molecule has 0 saturated carbocycles. The number of amides is 1. The van der Waals surface area contributed by atoms with Crippen LogP contribution in [0.4, 0.5) is 0 Å². The minimum Gasteiger partial charge on any atom is -0.480 e. The van der Waals surface area contributed by atoms with E-state index in [9.17, 15) is 23.1 Å². The van der Waals surface area contributed by atoms with Gasteiger partial charge in [0.1, 0.15) is 12.1 Å². The fourth-order valence-electron chi connectivity index (χ4n) is 3.33. The van der Waals surface area contributed by atoms with Crippen molar-refractivity contribution in [1.29, 1.82) is 0 Å². The van der Waals surface area contributed by atoms with E-state index in [1.54, 1.807) is 12.1 Å². The molecule has 2 atom stereocenters. The van der Waals surface area contributed by atoms with Gasteiger partial charge in [-0.25, -0.2) is 13.2 Å². The van der Waals surface area contributed by atoms with Gasteiger partial charge in [0.15, 0.2) is 5.96 Å². The highest BCUT2D eigenvalue weighted by molar-refractivity contribution is 7.89. The van der Waals surface area contributed by atoms with Gasteiger partial charge in [-0.2, -0.15) is 4.31 Å². The van der Waals surface area contributed by atoms with Crippen molar-refractivity contribution < 1.29 is 23.1 Å². The Kier molecular flexibility index (Phi) is 8.18. The lowest BCUT2D eigenvalue weighted by molar-refractivity contribution is -0.142. The van der Waals surface area contributed by atoms with Crippen molar-refractivity contribution >= 4 is 27.9 Å². The van der Waals surface area contributed by atoms with E-state index in [0.717, 1.165) is 5.56 Å². The summed E-state index contributed by atoms with van der Waals surface area (Å²) < 4.78 is 27.4. The first-order valence-corrected chi connectivity index (χ1v) is 11.2. The molecular formula is C19H29N5O5S. The maximum absolute atomic E-state index is 13.1. The summed E-state index contributed by atoms with van der Waals surface area (Å²) in [5, 5.41) is 11.9. The molecule has 0 aromatic heterocycles. The molecule has 1 fully saturated rings. The quantitative estimate of drug-likeness (QED) is 0.241. The third-order valence-corrected chi connectivity index (χ3v) is 6.87. The second kappa shape index (κ2) is 10.4. The molecule has 1 aromatic rings. The zero-order chi connectivity index (χ0) is 22.3. The Balaban J connectivity index is 2.13. The van der Waals surface area contributed by atoms with Crippen LogP contribution in [-0.2, 0) is 19.6 Å². The lowest BCUT2D eigenvalue weighted by Crippen LogP contribution is -2.54. The van der Waals surface area contributed by atoms with Gasteiger partial charge < -0.3 is 21.9 Å². The maximum Gasteiger partial charge on any atom is 0.326 e. The lowest BCUT2D eigenvalue weighted by atomic mass is 10.0. The highest BCUT2D eigenvalue weighted by Gasteiger charge is 2.38. The average Bonchev–Trinajstić information content (AvgIpc) is 2.70. The molecule has 1 aliphatic heterocycles. The van der Waals surface area contributed by atoms with Crippen LogP contribution in [-0.4, -0.2) is 60.8 Å². The van der Waals surface area contributed by atoms with Gasteiger partial charge in [-0.3, -0.25) is 9.79 Å². The Labute approximate surface area is 176 Å². The predicted molar refractivity (Wildman–Crippen MR) is 112 cm³/mol. The first kappa shape index (κ1) is 23.6. The van der Waals surface area contributed by atoms with Gasteiger partial charge in [-0.05, 0) is 44.7 Å². The minimum atomic E-state index is -3.88. The Morgan fingerprint density at radius 1 is 1.27 bits per heavy atom. The molecule has 0 bridgehead atoms. The molecular weight excluding hydrogens is 410 g/mol. The van der Waals surface area contributed by atoms with E-state index >= 15 is 0 Å². The van der Waals surface area contributed by atoms with Crippen molar-refractivity contribution in [2.45, 2.75) is 56.0 Å². The van der Waals surface area contributed by atoms with Crippen LogP contribution in [0.2, 0.25) is 0 Å². The summed E-state index contributed by atoms with van der Waals surface area (Å²) in [7, 11) is -3.88.